The standard InChI is InChI=1S/C14H16ClN5/c15-14-17-5-3-13(18-14)20-8-6-19(7-9-20)11-12-2-1-4-16-10-12/h1-5,10H,6-9,11H2. The van der Waals surface area contributed by atoms with Crippen molar-refractivity contribution >= 4 is 17.4 Å². The molecule has 104 valence electrons. The lowest BCUT2D eigenvalue weighted by Gasteiger charge is -2.35. The van der Waals surface area contributed by atoms with Gasteiger partial charge in [0.1, 0.15) is 5.82 Å². The van der Waals surface area contributed by atoms with Crippen molar-refractivity contribution in [2.75, 3.05) is 31.1 Å². The van der Waals surface area contributed by atoms with E-state index in [1.54, 1.807) is 12.4 Å². The molecular weight excluding hydrogens is 274 g/mol. The molecule has 0 atom stereocenters. The van der Waals surface area contributed by atoms with Crippen LogP contribution in [0.1, 0.15) is 5.56 Å². The van der Waals surface area contributed by atoms with Gasteiger partial charge in [-0.15, -0.1) is 0 Å². The third-order valence-corrected chi connectivity index (χ3v) is 3.62. The molecule has 1 fully saturated rings. The zero-order chi connectivity index (χ0) is 13.8. The second-order valence-corrected chi connectivity index (χ2v) is 5.15. The SMILES string of the molecule is Clc1nccc(N2CCN(Cc3cccnc3)CC2)n1. The van der Waals surface area contributed by atoms with Crippen molar-refractivity contribution in [2.45, 2.75) is 6.54 Å². The summed E-state index contributed by atoms with van der Waals surface area (Å²) in [7, 11) is 0. The molecule has 0 spiro atoms. The summed E-state index contributed by atoms with van der Waals surface area (Å²) in [6.45, 7) is 4.88. The first-order valence-corrected chi connectivity index (χ1v) is 7.04. The molecule has 3 heterocycles. The molecule has 0 saturated carbocycles. The van der Waals surface area contributed by atoms with Gasteiger partial charge in [-0.25, -0.2) is 9.97 Å². The summed E-state index contributed by atoms with van der Waals surface area (Å²) in [4.78, 5) is 17.0. The highest BCUT2D eigenvalue weighted by Gasteiger charge is 2.18. The Morgan fingerprint density at radius 2 is 1.95 bits per heavy atom. The average molecular weight is 290 g/mol. The fourth-order valence-corrected chi connectivity index (χ4v) is 2.53. The first kappa shape index (κ1) is 13.3. The molecule has 5 nitrogen and oxygen atoms in total. The first-order chi connectivity index (χ1) is 9.81. The van der Waals surface area contributed by atoms with E-state index in [4.69, 9.17) is 11.6 Å². The Hall–Kier alpha value is -1.72. The topological polar surface area (TPSA) is 45.2 Å². The highest BCUT2D eigenvalue weighted by molar-refractivity contribution is 6.28. The predicted octanol–water partition coefficient (Wildman–Crippen LogP) is 1.85. The van der Waals surface area contributed by atoms with E-state index in [2.05, 4.69) is 30.8 Å². The lowest BCUT2D eigenvalue weighted by molar-refractivity contribution is 0.249. The highest BCUT2D eigenvalue weighted by atomic mass is 35.5. The van der Waals surface area contributed by atoms with Gasteiger partial charge in [-0.3, -0.25) is 9.88 Å². The van der Waals surface area contributed by atoms with E-state index in [0.717, 1.165) is 38.5 Å². The Bertz CT molecular complexity index is 555. The molecular formula is C14H16ClN5. The molecule has 20 heavy (non-hydrogen) atoms. The summed E-state index contributed by atoms with van der Waals surface area (Å²) in [5, 5.41) is 0.306. The molecule has 0 aromatic carbocycles. The lowest BCUT2D eigenvalue weighted by atomic mass is 10.2. The average Bonchev–Trinajstić information content (AvgIpc) is 2.49. The number of aromatic nitrogens is 3. The van der Waals surface area contributed by atoms with Gasteiger partial charge in [0.05, 0.1) is 0 Å². The van der Waals surface area contributed by atoms with Gasteiger partial charge < -0.3 is 4.90 Å². The van der Waals surface area contributed by atoms with Crippen LogP contribution in [-0.4, -0.2) is 46.0 Å². The first-order valence-electron chi connectivity index (χ1n) is 6.66. The third kappa shape index (κ3) is 3.23. The minimum Gasteiger partial charge on any atom is -0.354 e. The molecule has 0 N–H and O–H groups in total. The van der Waals surface area contributed by atoms with Crippen LogP contribution < -0.4 is 4.90 Å². The quantitative estimate of drug-likeness (QED) is 0.807. The van der Waals surface area contributed by atoms with Gasteiger partial charge >= 0.3 is 0 Å². The summed E-state index contributed by atoms with van der Waals surface area (Å²) in [6.07, 6.45) is 5.43. The third-order valence-electron chi connectivity index (χ3n) is 3.44. The normalized spacial score (nSPS) is 16.4. The van der Waals surface area contributed by atoms with Crippen molar-refractivity contribution in [3.8, 4) is 0 Å². The van der Waals surface area contributed by atoms with E-state index in [9.17, 15) is 0 Å². The molecule has 0 radical (unpaired) electrons. The monoisotopic (exact) mass is 289 g/mol. The van der Waals surface area contributed by atoms with E-state index < -0.39 is 0 Å². The Labute approximate surface area is 123 Å². The summed E-state index contributed by atoms with van der Waals surface area (Å²) < 4.78 is 0. The smallest absolute Gasteiger partial charge is 0.224 e. The second-order valence-electron chi connectivity index (χ2n) is 4.81. The number of nitrogens with zero attached hydrogens (tertiary/aromatic N) is 5. The van der Waals surface area contributed by atoms with Crippen LogP contribution in [0, 0.1) is 0 Å². The fourth-order valence-electron chi connectivity index (χ4n) is 2.39. The van der Waals surface area contributed by atoms with Gasteiger partial charge in [0.15, 0.2) is 0 Å². The Balaban J connectivity index is 1.57. The maximum atomic E-state index is 5.83. The van der Waals surface area contributed by atoms with Gasteiger partial charge in [0, 0.05) is 51.3 Å². The molecule has 1 aliphatic heterocycles. The molecule has 0 bridgehead atoms. The van der Waals surface area contributed by atoms with Crippen LogP contribution in [0.4, 0.5) is 5.82 Å². The molecule has 0 amide bonds. The number of piperazine rings is 1. The largest absolute Gasteiger partial charge is 0.354 e. The second kappa shape index (κ2) is 6.15. The van der Waals surface area contributed by atoms with Crippen LogP contribution >= 0.6 is 11.6 Å². The number of halogens is 1. The van der Waals surface area contributed by atoms with Gasteiger partial charge in [0.2, 0.25) is 5.28 Å². The van der Waals surface area contributed by atoms with Gasteiger partial charge in [-0.2, -0.15) is 0 Å². The van der Waals surface area contributed by atoms with E-state index in [0.29, 0.717) is 5.28 Å². The molecule has 2 aromatic heterocycles. The van der Waals surface area contributed by atoms with Crippen molar-refractivity contribution < 1.29 is 0 Å². The van der Waals surface area contributed by atoms with Crippen molar-refractivity contribution in [3.63, 3.8) is 0 Å². The molecule has 6 heteroatoms. The Kier molecular flexibility index (Phi) is 4.08. The van der Waals surface area contributed by atoms with Crippen LogP contribution in [0.2, 0.25) is 5.28 Å². The Morgan fingerprint density at radius 1 is 1.10 bits per heavy atom. The summed E-state index contributed by atoms with van der Waals surface area (Å²) >= 11 is 5.83. The van der Waals surface area contributed by atoms with Gasteiger partial charge in [0.25, 0.3) is 0 Å². The Morgan fingerprint density at radius 3 is 2.65 bits per heavy atom. The summed E-state index contributed by atoms with van der Waals surface area (Å²) in [5.74, 6) is 0.908. The van der Waals surface area contributed by atoms with Crippen LogP contribution in [0.3, 0.4) is 0 Å². The number of hydrogen-bond acceptors (Lipinski definition) is 5. The maximum Gasteiger partial charge on any atom is 0.224 e. The molecule has 0 unspecified atom stereocenters. The minimum absolute atomic E-state index is 0.306. The molecule has 2 aromatic rings. The molecule has 3 rings (SSSR count). The lowest BCUT2D eigenvalue weighted by Crippen LogP contribution is -2.46. The van der Waals surface area contributed by atoms with E-state index in [-0.39, 0.29) is 0 Å². The van der Waals surface area contributed by atoms with Crippen molar-refractivity contribution in [1.29, 1.82) is 0 Å². The zero-order valence-corrected chi connectivity index (χ0v) is 11.9. The maximum absolute atomic E-state index is 5.83. The van der Waals surface area contributed by atoms with Crippen molar-refractivity contribution in [1.82, 2.24) is 19.9 Å². The number of rotatable bonds is 3. The molecule has 0 aliphatic carbocycles. The summed E-state index contributed by atoms with van der Waals surface area (Å²) in [5.41, 5.74) is 1.26. The van der Waals surface area contributed by atoms with Crippen molar-refractivity contribution in [2.24, 2.45) is 0 Å². The van der Waals surface area contributed by atoms with E-state index in [1.807, 2.05) is 18.3 Å². The molecule has 1 saturated heterocycles. The molecule has 1 aliphatic rings. The number of anilines is 1. The van der Waals surface area contributed by atoms with Gasteiger partial charge in [-0.1, -0.05) is 6.07 Å². The van der Waals surface area contributed by atoms with Crippen molar-refractivity contribution in [3.05, 3.63) is 47.6 Å². The number of hydrogen-bond donors (Lipinski definition) is 0. The van der Waals surface area contributed by atoms with E-state index in [1.165, 1.54) is 5.56 Å². The van der Waals surface area contributed by atoms with Crippen LogP contribution in [0.15, 0.2) is 36.8 Å². The number of pyridine rings is 1. The minimum atomic E-state index is 0.306. The van der Waals surface area contributed by atoms with Crippen LogP contribution in [0.5, 0.6) is 0 Å². The van der Waals surface area contributed by atoms with Crippen LogP contribution in [-0.2, 0) is 6.54 Å². The highest BCUT2D eigenvalue weighted by Crippen LogP contribution is 2.15. The fraction of sp³-hybridized carbons (Fsp3) is 0.357. The van der Waals surface area contributed by atoms with Gasteiger partial charge in [-0.05, 0) is 29.3 Å². The summed E-state index contributed by atoms with van der Waals surface area (Å²) in [6, 6.07) is 6.00. The van der Waals surface area contributed by atoms with E-state index >= 15 is 0 Å². The predicted molar refractivity (Wildman–Crippen MR) is 78.8 cm³/mol. The zero-order valence-electron chi connectivity index (χ0n) is 11.1. The van der Waals surface area contributed by atoms with Crippen LogP contribution in [0.25, 0.3) is 0 Å².